The number of aryl methyl sites for hydroxylation is 1. The number of benzene rings is 2. The molecule has 1 amide bonds. The molecule has 0 aliphatic heterocycles. The van der Waals surface area contributed by atoms with E-state index in [1.54, 1.807) is 12.1 Å². The van der Waals surface area contributed by atoms with Crippen LogP contribution >= 0.6 is 0 Å². The number of primary amides is 1. The van der Waals surface area contributed by atoms with Crippen LogP contribution in [-0.4, -0.2) is 12.2 Å². The molecule has 35 heavy (non-hydrogen) atoms. The number of amides is 1. The van der Waals surface area contributed by atoms with E-state index in [4.69, 9.17) is 16.2 Å². The standard InChI is InChI=1S/C25H30F6N2O2/c1-4-8-23(9-5-2,19-10-15(3)6-7-20(19)32)21(35-22(33)34)13-16-11-17(24(26,27)28)14-18(12-16)25(29,30)31/h6-7,10-12,14,21H,4-5,8-9,13,32H2,1-3H3,(H2,33,34). The number of halogens is 6. The van der Waals surface area contributed by atoms with Crippen LogP contribution in [-0.2, 0) is 28.9 Å². The molecule has 0 heterocycles. The lowest BCUT2D eigenvalue weighted by Gasteiger charge is -2.41. The van der Waals surface area contributed by atoms with Gasteiger partial charge in [0.25, 0.3) is 0 Å². The summed E-state index contributed by atoms with van der Waals surface area (Å²) in [5.41, 5.74) is 9.34. The van der Waals surface area contributed by atoms with Gasteiger partial charge in [-0.15, -0.1) is 0 Å². The minimum Gasteiger partial charge on any atom is -0.445 e. The molecule has 2 aromatic carbocycles. The first-order valence-corrected chi connectivity index (χ1v) is 11.2. The molecule has 2 rings (SSSR count). The molecule has 0 fully saturated rings. The number of alkyl halides is 6. The van der Waals surface area contributed by atoms with E-state index < -0.39 is 47.5 Å². The smallest absolute Gasteiger partial charge is 0.416 e. The molecule has 0 bridgehead atoms. The highest BCUT2D eigenvalue weighted by Crippen LogP contribution is 2.44. The van der Waals surface area contributed by atoms with Crippen LogP contribution in [0.1, 0.15) is 67.3 Å². The highest BCUT2D eigenvalue weighted by molar-refractivity contribution is 5.65. The van der Waals surface area contributed by atoms with E-state index in [-0.39, 0.29) is 11.6 Å². The average molecular weight is 505 g/mol. The van der Waals surface area contributed by atoms with Gasteiger partial charge in [0.15, 0.2) is 0 Å². The molecule has 0 spiro atoms. The Morgan fingerprint density at radius 3 is 1.86 bits per heavy atom. The Hall–Kier alpha value is -2.91. The maximum atomic E-state index is 13.4. The van der Waals surface area contributed by atoms with Gasteiger partial charge in [-0.3, -0.25) is 0 Å². The molecule has 194 valence electrons. The summed E-state index contributed by atoms with van der Waals surface area (Å²) < 4.78 is 86.0. The highest BCUT2D eigenvalue weighted by atomic mass is 19.4. The normalized spacial score (nSPS) is 13.5. The van der Waals surface area contributed by atoms with Crippen LogP contribution in [0.4, 0.5) is 36.8 Å². The summed E-state index contributed by atoms with van der Waals surface area (Å²) in [7, 11) is 0. The van der Waals surface area contributed by atoms with Crippen LogP contribution in [0.5, 0.6) is 0 Å². The van der Waals surface area contributed by atoms with Gasteiger partial charge < -0.3 is 16.2 Å². The zero-order valence-corrected chi connectivity index (χ0v) is 19.8. The average Bonchev–Trinajstić information content (AvgIpc) is 2.73. The first kappa shape index (κ1) is 28.3. The van der Waals surface area contributed by atoms with Gasteiger partial charge in [-0.1, -0.05) is 44.4 Å². The summed E-state index contributed by atoms with van der Waals surface area (Å²) in [4.78, 5) is 11.9. The Morgan fingerprint density at radius 2 is 1.43 bits per heavy atom. The van der Waals surface area contributed by atoms with Crippen molar-refractivity contribution in [3.8, 4) is 0 Å². The minimum atomic E-state index is -5.00. The predicted octanol–water partition coefficient (Wildman–Crippen LogP) is 7.16. The zero-order valence-electron chi connectivity index (χ0n) is 19.8. The van der Waals surface area contributed by atoms with Crippen molar-refractivity contribution >= 4 is 11.8 Å². The van der Waals surface area contributed by atoms with E-state index >= 15 is 0 Å². The van der Waals surface area contributed by atoms with Crippen molar-refractivity contribution < 1.29 is 35.9 Å². The topological polar surface area (TPSA) is 78.3 Å². The molecule has 0 saturated heterocycles. The second-order valence-electron chi connectivity index (χ2n) is 8.79. The van der Waals surface area contributed by atoms with Gasteiger partial charge in [0.05, 0.1) is 11.1 Å². The number of nitrogen functional groups attached to an aromatic ring is 1. The largest absolute Gasteiger partial charge is 0.445 e. The second-order valence-corrected chi connectivity index (χ2v) is 8.79. The Kier molecular flexibility index (Phi) is 8.73. The third-order valence-corrected chi connectivity index (χ3v) is 6.08. The van der Waals surface area contributed by atoms with Gasteiger partial charge in [-0.2, -0.15) is 26.3 Å². The van der Waals surface area contributed by atoms with Crippen molar-refractivity contribution in [1.29, 1.82) is 0 Å². The van der Waals surface area contributed by atoms with Crippen molar-refractivity contribution in [1.82, 2.24) is 0 Å². The van der Waals surface area contributed by atoms with Gasteiger partial charge >= 0.3 is 18.4 Å². The fourth-order valence-corrected chi connectivity index (χ4v) is 4.72. The van der Waals surface area contributed by atoms with Gasteiger partial charge in [-0.05, 0) is 55.2 Å². The Morgan fingerprint density at radius 1 is 0.914 bits per heavy atom. The molecule has 0 radical (unpaired) electrons. The summed E-state index contributed by atoms with van der Waals surface area (Å²) >= 11 is 0. The van der Waals surface area contributed by atoms with E-state index in [1.807, 2.05) is 26.8 Å². The fraction of sp³-hybridized carbons (Fsp3) is 0.480. The SMILES string of the molecule is CCCC(CCC)(c1cc(C)ccc1N)C(Cc1cc(C(F)(F)F)cc(C(F)(F)F)c1)OC(N)=O. The van der Waals surface area contributed by atoms with Gasteiger partial charge in [0.2, 0.25) is 0 Å². The Labute approximate surface area is 200 Å². The molecule has 0 aliphatic rings. The predicted molar refractivity (Wildman–Crippen MR) is 122 cm³/mol. The molecule has 1 atom stereocenters. The molecular formula is C25H30F6N2O2. The molecule has 4 N–H and O–H groups in total. The van der Waals surface area contributed by atoms with E-state index in [9.17, 15) is 31.1 Å². The molecule has 0 saturated carbocycles. The van der Waals surface area contributed by atoms with E-state index in [0.29, 0.717) is 49.1 Å². The number of nitrogens with two attached hydrogens (primary N) is 2. The summed E-state index contributed by atoms with van der Waals surface area (Å²) in [6.45, 7) is 5.59. The van der Waals surface area contributed by atoms with Crippen LogP contribution in [0, 0.1) is 6.92 Å². The summed E-state index contributed by atoms with van der Waals surface area (Å²) in [6.07, 6.45) is -10.8. The molecule has 1 unspecified atom stereocenters. The molecule has 0 aliphatic carbocycles. The van der Waals surface area contributed by atoms with Crippen molar-refractivity contribution in [2.75, 3.05) is 5.73 Å². The van der Waals surface area contributed by atoms with Crippen molar-refractivity contribution in [2.24, 2.45) is 5.73 Å². The summed E-state index contributed by atoms with van der Waals surface area (Å²) in [6, 6.07) is 6.64. The molecule has 4 nitrogen and oxygen atoms in total. The molecule has 2 aromatic rings. The van der Waals surface area contributed by atoms with Crippen molar-refractivity contribution in [2.45, 2.75) is 76.7 Å². The minimum absolute atomic E-state index is 0.0668. The number of ether oxygens (including phenoxy) is 1. The third-order valence-electron chi connectivity index (χ3n) is 6.08. The van der Waals surface area contributed by atoms with E-state index in [1.165, 1.54) is 0 Å². The van der Waals surface area contributed by atoms with Crippen LogP contribution in [0.25, 0.3) is 0 Å². The number of anilines is 1. The summed E-state index contributed by atoms with van der Waals surface area (Å²) in [5.74, 6) is 0. The van der Waals surface area contributed by atoms with Crippen molar-refractivity contribution in [3.63, 3.8) is 0 Å². The lowest BCUT2D eigenvalue weighted by atomic mass is 9.67. The summed E-state index contributed by atoms with van der Waals surface area (Å²) in [5, 5.41) is 0. The number of hydrogen-bond donors (Lipinski definition) is 2. The third kappa shape index (κ3) is 6.82. The maximum Gasteiger partial charge on any atom is 0.416 e. The van der Waals surface area contributed by atoms with Gasteiger partial charge in [0.1, 0.15) is 6.10 Å². The number of hydrogen-bond acceptors (Lipinski definition) is 3. The molecule has 10 heteroatoms. The van der Waals surface area contributed by atoms with E-state index in [0.717, 1.165) is 5.56 Å². The highest BCUT2D eigenvalue weighted by Gasteiger charge is 2.44. The Balaban J connectivity index is 2.77. The van der Waals surface area contributed by atoms with Crippen LogP contribution in [0.3, 0.4) is 0 Å². The molecular weight excluding hydrogens is 474 g/mol. The van der Waals surface area contributed by atoms with Crippen LogP contribution in [0.2, 0.25) is 0 Å². The Bertz CT molecular complexity index is 995. The van der Waals surface area contributed by atoms with E-state index in [2.05, 4.69) is 0 Å². The molecule has 0 aromatic heterocycles. The van der Waals surface area contributed by atoms with Crippen LogP contribution in [0.15, 0.2) is 36.4 Å². The lowest BCUT2D eigenvalue weighted by molar-refractivity contribution is -0.143. The van der Waals surface area contributed by atoms with Gasteiger partial charge in [-0.25, -0.2) is 4.79 Å². The van der Waals surface area contributed by atoms with Crippen LogP contribution < -0.4 is 11.5 Å². The van der Waals surface area contributed by atoms with Gasteiger partial charge in [0, 0.05) is 17.5 Å². The monoisotopic (exact) mass is 504 g/mol. The number of rotatable bonds is 9. The van der Waals surface area contributed by atoms with Crippen molar-refractivity contribution in [3.05, 3.63) is 64.2 Å². The zero-order chi connectivity index (χ0) is 26.6. The number of carbonyl (C=O) groups excluding carboxylic acids is 1. The second kappa shape index (κ2) is 10.8. The first-order valence-electron chi connectivity index (χ1n) is 11.2. The first-order chi connectivity index (χ1) is 16.1. The number of carbonyl (C=O) groups is 1. The quantitative estimate of drug-likeness (QED) is 0.281. The maximum absolute atomic E-state index is 13.4. The lowest BCUT2D eigenvalue weighted by Crippen LogP contribution is -2.45. The fourth-order valence-electron chi connectivity index (χ4n) is 4.72.